The van der Waals surface area contributed by atoms with Crippen LogP contribution >= 0.6 is 23.2 Å². The molecule has 0 saturated heterocycles. The average Bonchev–Trinajstić information content (AvgIpc) is 2.78. The maximum atomic E-state index is 13.3. The van der Waals surface area contributed by atoms with Crippen LogP contribution in [-0.2, 0) is 14.3 Å². The summed E-state index contributed by atoms with van der Waals surface area (Å²) in [6.45, 7) is -0.602. The van der Waals surface area contributed by atoms with E-state index < -0.39 is 24.3 Å². The first-order valence-electron chi connectivity index (χ1n) is 9.25. The van der Waals surface area contributed by atoms with Gasteiger partial charge >= 0.3 is 5.97 Å². The van der Waals surface area contributed by atoms with Gasteiger partial charge in [0.25, 0.3) is 5.91 Å². The normalized spacial score (nSPS) is 10.9. The summed E-state index contributed by atoms with van der Waals surface area (Å²) >= 11 is 11.8. The SMILES string of the molecule is N#Cc1ccc(Cl)cc1NC(=O)COC(=O)/C(=C/c1ccc(Cl)cc1)c1ccc(F)cc1. The Hall–Kier alpha value is -3.66. The van der Waals surface area contributed by atoms with Crippen molar-refractivity contribution in [3.8, 4) is 6.07 Å². The van der Waals surface area contributed by atoms with Gasteiger partial charge in [-0.15, -0.1) is 0 Å². The Morgan fingerprint density at radius 1 is 1.00 bits per heavy atom. The number of hydrogen-bond donors (Lipinski definition) is 1. The van der Waals surface area contributed by atoms with Crippen molar-refractivity contribution in [2.75, 3.05) is 11.9 Å². The maximum absolute atomic E-state index is 13.3. The average molecular weight is 469 g/mol. The molecule has 0 aliphatic heterocycles. The lowest BCUT2D eigenvalue weighted by molar-refractivity contribution is -0.141. The molecule has 0 bridgehead atoms. The lowest BCUT2D eigenvalue weighted by atomic mass is 10.0. The number of halogens is 3. The van der Waals surface area contributed by atoms with Crippen molar-refractivity contribution >= 4 is 52.4 Å². The van der Waals surface area contributed by atoms with Crippen LogP contribution in [0.3, 0.4) is 0 Å². The lowest BCUT2D eigenvalue weighted by Crippen LogP contribution is -2.21. The number of ether oxygens (including phenoxy) is 1. The zero-order valence-electron chi connectivity index (χ0n) is 16.4. The Balaban J connectivity index is 1.77. The number of nitrogens with one attached hydrogen (secondary N) is 1. The van der Waals surface area contributed by atoms with Crippen molar-refractivity contribution < 1.29 is 18.7 Å². The van der Waals surface area contributed by atoms with Gasteiger partial charge in [-0.3, -0.25) is 4.79 Å². The number of hydrogen-bond acceptors (Lipinski definition) is 4. The van der Waals surface area contributed by atoms with Crippen molar-refractivity contribution in [3.63, 3.8) is 0 Å². The molecule has 8 heteroatoms. The van der Waals surface area contributed by atoms with Crippen LogP contribution in [0.25, 0.3) is 11.6 Å². The third-order valence-corrected chi connectivity index (χ3v) is 4.75. The monoisotopic (exact) mass is 468 g/mol. The van der Waals surface area contributed by atoms with Crippen molar-refractivity contribution in [3.05, 3.63) is 99.3 Å². The zero-order chi connectivity index (χ0) is 23.1. The predicted molar refractivity (Wildman–Crippen MR) is 121 cm³/mol. The summed E-state index contributed by atoms with van der Waals surface area (Å²) in [6.07, 6.45) is 1.55. The molecule has 0 aliphatic rings. The van der Waals surface area contributed by atoms with E-state index in [0.29, 0.717) is 21.2 Å². The van der Waals surface area contributed by atoms with E-state index in [0.717, 1.165) is 0 Å². The van der Waals surface area contributed by atoms with E-state index in [1.807, 2.05) is 6.07 Å². The third-order valence-electron chi connectivity index (χ3n) is 4.27. The molecule has 1 N–H and O–H groups in total. The van der Waals surface area contributed by atoms with Gasteiger partial charge in [0.1, 0.15) is 11.9 Å². The molecule has 0 aliphatic carbocycles. The molecule has 0 heterocycles. The molecule has 160 valence electrons. The van der Waals surface area contributed by atoms with Crippen molar-refractivity contribution in [1.29, 1.82) is 5.26 Å². The summed E-state index contributed by atoms with van der Waals surface area (Å²) in [5, 5.41) is 12.5. The summed E-state index contributed by atoms with van der Waals surface area (Å²) in [5.41, 5.74) is 1.61. The van der Waals surface area contributed by atoms with E-state index in [9.17, 15) is 14.0 Å². The highest BCUT2D eigenvalue weighted by molar-refractivity contribution is 6.31. The number of rotatable bonds is 6. The van der Waals surface area contributed by atoms with Gasteiger partial charge in [0.2, 0.25) is 0 Å². The number of carbonyl (C=O) groups excluding carboxylic acids is 2. The van der Waals surface area contributed by atoms with Crippen molar-refractivity contribution in [1.82, 2.24) is 0 Å². The van der Waals surface area contributed by atoms with Gasteiger partial charge in [0.05, 0.1) is 16.8 Å². The molecule has 0 fully saturated rings. The number of esters is 1. The second-order valence-electron chi connectivity index (χ2n) is 6.54. The molecular weight excluding hydrogens is 454 g/mol. The minimum absolute atomic E-state index is 0.126. The third kappa shape index (κ3) is 6.17. The van der Waals surface area contributed by atoms with Gasteiger partial charge in [-0.25, -0.2) is 9.18 Å². The Labute approximate surface area is 193 Å². The fraction of sp³-hybridized carbons (Fsp3) is 0.0417. The molecular formula is C24H15Cl2FN2O3. The summed E-state index contributed by atoms with van der Waals surface area (Å²) in [5.74, 6) is -1.89. The van der Waals surface area contributed by atoms with Gasteiger partial charge in [-0.1, -0.05) is 47.5 Å². The van der Waals surface area contributed by atoms with Crippen LogP contribution in [-0.4, -0.2) is 18.5 Å². The van der Waals surface area contributed by atoms with E-state index in [1.54, 1.807) is 30.3 Å². The summed E-state index contributed by atoms with van der Waals surface area (Å²) in [4.78, 5) is 25.0. The van der Waals surface area contributed by atoms with Gasteiger partial charge in [-0.05, 0) is 59.7 Å². The molecule has 3 rings (SSSR count). The van der Waals surface area contributed by atoms with Crippen LogP contribution in [0.4, 0.5) is 10.1 Å². The van der Waals surface area contributed by atoms with Gasteiger partial charge in [0, 0.05) is 10.0 Å². The second-order valence-corrected chi connectivity index (χ2v) is 7.42. The van der Waals surface area contributed by atoms with Gasteiger partial charge < -0.3 is 10.1 Å². The first-order valence-corrected chi connectivity index (χ1v) is 10.0. The molecule has 3 aromatic carbocycles. The van der Waals surface area contributed by atoms with Crippen molar-refractivity contribution in [2.45, 2.75) is 0 Å². The summed E-state index contributed by atoms with van der Waals surface area (Å²) in [7, 11) is 0. The molecule has 5 nitrogen and oxygen atoms in total. The Morgan fingerprint density at radius 3 is 2.31 bits per heavy atom. The molecule has 0 spiro atoms. The molecule has 1 amide bonds. The number of benzene rings is 3. The minimum Gasteiger partial charge on any atom is -0.452 e. The van der Waals surface area contributed by atoms with Gasteiger partial charge in [-0.2, -0.15) is 5.26 Å². The number of nitrogens with zero attached hydrogens (tertiary/aromatic N) is 1. The Bertz CT molecular complexity index is 1220. The van der Waals surface area contributed by atoms with Crippen LogP contribution in [0.5, 0.6) is 0 Å². The van der Waals surface area contributed by atoms with Crippen LogP contribution < -0.4 is 5.32 Å². The molecule has 0 atom stereocenters. The highest BCUT2D eigenvalue weighted by Crippen LogP contribution is 2.23. The molecule has 0 saturated carbocycles. The standard InChI is InChI=1S/C24H15Cl2FN2O3/c25-18-6-1-15(2-7-18)11-21(16-4-9-20(27)10-5-16)24(31)32-14-23(30)29-22-12-19(26)8-3-17(22)13-28/h1-12H,14H2,(H,29,30)/b21-11+. The van der Waals surface area contributed by atoms with Gasteiger partial charge in [0.15, 0.2) is 6.61 Å². The topological polar surface area (TPSA) is 79.2 Å². The zero-order valence-corrected chi connectivity index (χ0v) is 18.0. The largest absolute Gasteiger partial charge is 0.452 e. The van der Waals surface area contributed by atoms with Crippen molar-refractivity contribution in [2.24, 2.45) is 0 Å². The molecule has 3 aromatic rings. The molecule has 0 unspecified atom stereocenters. The number of amides is 1. The Kier molecular flexibility index (Phi) is 7.61. The molecule has 0 radical (unpaired) electrons. The molecule has 32 heavy (non-hydrogen) atoms. The summed E-state index contributed by atoms with van der Waals surface area (Å²) in [6, 6.07) is 18.4. The van der Waals surface area contributed by atoms with Crippen LogP contribution in [0.15, 0.2) is 66.7 Å². The van der Waals surface area contributed by atoms with Crippen LogP contribution in [0.1, 0.15) is 16.7 Å². The first-order chi connectivity index (χ1) is 15.4. The van der Waals surface area contributed by atoms with Crippen LogP contribution in [0, 0.1) is 17.1 Å². The highest BCUT2D eigenvalue weighted by atomic mass is 35.5. The summed E-state index contributed by atoms with van der Waals surface area (Å²) < 4.78 is 18.5. The maximum Gasteiger partial charge on any atom is 0.339 e. The lowest BCUT2D eigenvalue weighted by Gasteiger charge is -2.11. The number of anilines is 1. The quantitative estimate of drug-likeness (QED) is 0.284. The van der Waals surface area contributed by atoms with E-state index in [2.05, 4.69) is 5.32 Å². The fourth-order valence-corrected chi connectivity index (χ4v) is 3.03. The highest BCUT2D eigenvalue weighted by Gasteiger charge is 2.17. The van der Waals surface area contributed by atoms with E-state index in [1.165, 1.54) is 42.5 Å². The van der Waals surface area contributed by atoms with E-state index in [-0.39, 0.29) is 16.8 Å². The Morgan fingerprint density at radius 2 is 1.66 bits per heavy atom. The smallest absolute Gasteiger partial charge is 0.339 e. The second kappa shape index (κ2) is 10.6. The number of nitriles is 1. The van der Waals surface area contributed by atoms with E-state index >= 15 is 0 Å². The van der Waals surface area contributed by atoms with Crippen LogP contribution in [0.2, 0.25) is 10.0 Å². The van der Waals surface area contributed by atoms with E-state index in [4.69, 9.17) is 33.2 Å². The number of carbonyl (C=O) groups is 2. The first kappa shape index (κ1) is 23.0. The predicted octanol–water partition coefficient (Wildman–Crippen LogP) is 5.73. The molecule has 0 aromatic heterocycles. The minimum atomic E-state index is -0.784. The fourth-order valence-electron chi connectivity index (χ4n) is 2.73.